The summed E-state index contributed by atoms with van der Waals surface area (Å²) in [6, 6.07) is 8.64. The molecule has 1 amide bonds. The van der Waals surface area contributed by atoms with Gasteiger partial charge in [0.15, 0.2) is 17.5 Å². The van der Waals surface area contributed by atoms with Crippen LogP contribution in [-0.2, 0) is 4.79 Å². The molecule has 7 heteroatoms. The van der Waals surface area contributed by atoms with Gasteiger partial charge in [0.1, 0.15) is 5.75 Å². The van der Waals surface area contributed by atoms with Gasteiger partial charge in [-0.15, -0.1) is 0 Å². The van der Waals surface area contributed by atoms with Crippen LogP contribution < -0.4 is 15.4 Å². The molecule has 0 atom stereocenters. The number of halogens is 3. The van der Waals surface area contributed by atoms with Crippen molar-refractivity contribution >= 4 is 17.3 Å². The summed E-state index contributed by atoms with van der Waals surface area (Å²) in [6.07, 6.45) is 0. The molecule has 122 valence electrons. The fourth-order valence-electron chi connectivity index (χ4n) is 1.88. The van der Waals surface area contributed by atoms with E-state index in [0.717, 1.165) is 12.1 Å². The summed E-state index contributed by atoms with van der Waals surface area (Å²) in [5, 5.41) is 5.01. The molecule has 0 unspecified atom stereocenters. The van der Waals surface area contributed by atoms with Crippen molar-refractivity contribution in [2.45, 2.75) is 6.92 Å². The lowest BCUT2D eigenvalue weighted by Crippen LogP contribution is -2.22. The number of ether oxygens (including phenoxy) is 1. The minimum atomic E-state index is -1.59. The van der Waals surface area contributed by atoms with E-state index in [4.69, 9.17) is 4.74 Å². The fraction of sp³-hybridized carbons (Fsp3) is 0.188. The highest BCUT2D eigenvalue weighted by molar-refractivity contribution is 5.95. The molecule has 2 N–H and O–H groups in total. The van der Waals surface area contributed by atoms with E-state index < -0.39 is 23.4 Å². The summed E-state index contributed by atoms with van der Waals surface area (Å²) in [7, 11) is 0. The van der Waals surface area contributed by atoms with Crippen LogP contribution in [0.15, 0.2) is 36.4 Å². The molecule has 0 aliphatic heterocycles. The van der Waals surface area contributed by atoms with Crippen molar-refractivity contribution < 1.29 is 22.7 Å². The normalized spacial score (nSPS) is 10.3. The maximum atomic E-state index is 13.5. The highest BCUT2D eigenvalue weighted by Crippen LogP contribution is 2.24. The molecule has 0 aliphatic carbocycles. The van der Waals surface area contributed by atoms with Gasteiger partial charge < -0.3 is 15.4 Å². The van der Waals surface area contributed by atoms with Crippen LogP contribution in [0.2, 0.25) is 0 Å². The number of nitrogens with one attached hydrogen (secondary N) is 2. The Labute approximate surface area is 131 Å². The molecule has 0 bridgehead atoms. The van der Waals surface area contributed by atoms with Crippen LogP contribution in [0.4, 0.5) is 24.5 Å². The first-order chi connectivity index (χ1) is 11.0. The Kier molecular flexibility index (Phi) is 5.46. The number of amides is 1. The summed E-state index contributed by atoms with van der Waals surface area (Å²) in [5.74, 6) is -4.23. The lowest BCUT2D eigenvalue weighted by molar-refractivity contribution is -0.114. The Morgan fingerprint density at radius 3 is 2.52 bits per heavy atom. The second kappa shape index (κ2) is 7.53. The number of hydrogen-bond acceptors (Lipinski definition) is 3. The van der Waals surface area contributed by atoms with Crippen LogP contribution in [0.5, 0.6) is 5.75 Å². The van der Waals surface area contributed by atoms with Crippen LogP contribution in [0.1, 0.15) is 6.92 Å². The van der Waals surface area contributed by atoms with Crippen molar-refractivity contribution in [3.63, 3.8) is 0 Å². The van der Waals surface area contributed by atoms with Crippen LogP contribution in [0.25, 0.3) is 0 Å². The molecule has 4 nitrogen and oxygen atoms in total. The van der Waals surface area contributed by atoms with Gasteiger partial charge in [-0.3, -0.25) is 4.79 Å². The van der Waals surface area contributed by atoms with Crippen molar-refractivity contribution in [3.05, 3.63) is 53.8 Å². The van der Waals surface area contributed by atoms with Gasteiger partial charge in [-0.25, -0.2) is 13.2 Å². The topological polar surface area (TPSA) is 50.4 Å². The fourth-order valence-corrected chi connectivity index (χ4v) is 1.88. The van der Waals surface area contributed by atoms with Crippen LogP contribution in [0.3, 0.4) is 0 Å². The number of benzene rings is 2. The maximum absolute atomic E-state index is 13.5. The van der Waals surface area contributed by atoms with Gasteiger partial charge in [-0.2, -0.15) is 0 Å². The minimum Gasteiger partial charge on any atom is -0.492 e. The second-order valence-corrected chi connectivity index (χ2v) is 4.55. The van der Waals surface area contributed by atoms with E-state index in [-0.39, 0.29) is 12.2 Å². The molecule has 0 radical (unpaired) electrons. The number of hydrogen-bond donors (Lipinski definition) is 2. The largest absolute Gasteiger partial charge is 0.492 e. The number of rotatable bonds is 6. The molecule has 0 heterocycles. The first-order valence-electron chi connectivity index (χ1n) is 6.92. The van der Waals surface area contributed by atoms with E-state index in [1.165, 1.54) is 0 Å². The third kappa shape index (κ3) is 4.15. The van der Waals surface area contributed by atoms with Gasteiger partial charge >= 0.3 is 0 Å². The lowest BCUT2D eigenvalue weighted by Gasteiger charge is -2.12. The highest BCUT2D eigenvalue weighted by atomic mass is 19.2. The predicted octanol–water partition coefficient (Wildman–Crippen LogP) is 3.55. The summed E-state index contributed by atoms with van der Waals surface area (Å²) >= 11 is 0. The van der Waals surface area contributed by atoms with Gasteiger partial charge in [0.2, 0.25) is 5.91 Å². The Morgan fingerprint density at radius 2 is 1.78 bits per heavy atom. The number of carbonyl (C=O) groups excluding carboxylic acids is 1. The van der Waals surface area contributed by atoms with Crippen molar-refractivity contribution in [2.75, 3.05) is 23.8 Å². The molecule has 0 fully saturated rings. The van der Waals surface area contributed by atoms with E-state index in [1.54, 1.807) is 24.3 Å². The first kappa shape index (κ1) is 16.7. The third-order valence-corrected chi connectivity index (χ3v) is 2.94. The number of anilines is 2. The van der Waals surface area contributed by atoms with E-state index in [2.05, 4.69) is 10.6 Å². The molecule has 0 saturated heterocycles. The monoisotopic (exact) mass is 324 g/mol. The van der Waals surface area contributed by atoms with Gasteiger partial charge in [0.25, 0.3) is 0 Å². The Morgan fingerprint density at radius 1 is 1.04 bits per heavy atom. The number of para-hydroxylation sites is 2. The summed E-state index contributed by atoms with van der Waals surface area (Å²) < 4.78 is 44.8. The minimum absolute atomic E-state index is 0.294. The quantitative estimate of drug-likeness (QED) is 0.799. The van der Waals surface area contributed by atoms with Gasteiger partial charge in [0.05, 0.1) is 24.5 Å². The molecule has 23 heavy (non-hydrogen) atoms. The van der Waals surface area contributed by atoms with Crippen molar-refractivity contribution in [1.29, 1.82) is 0 Å². The Balaban J connectivity index is 2.00. The zero-order valence-electron chi connectivity index (χ0n) is 12.3. The summed E-state index contributed by atoms with van der Waals surface area (Å²) in [5.41, 5.74) is 0.170. The third-order valence-electron chi connectivity index (χ3n) is 2.94. The maximum Gasteiger partial charge on any atom is 0.243 e. The average molecular weight is 324 g/mol. The molecular weight excluding hydrogens is 309 g/mol. The average Bonchev–Trinajstić information content (AvgIpc) is 2.54. The lowest BCUT2D eigenvalue weighted by atomic mass is 10.2. The molecule has 0 spiro atoms. The van der Waals surface area contributed by atoms with E-state index in [0.29, 0.717) is 18.0 Å². The predicted molar refractivity (Wildman–Crippen MR) is 81.0 cm³/mol. The smallest absolute Gasteiger partial charge is 0.243 e. The van der Waals surface area contributed by atoms with Gasteiger partial charge in [0, 0.05) is 0 Å². The first-order valence-corrected chi connectivity index (χ1v) is 6.92. The molecule has 2 aromatic rings. The van der Waals surface area contributed by atoms with Crippen LogP contribution >= 0.6 is 0 Å². The Bertz CT molecular complexity index is 708. The highest BCUT2D eigenvalue weighted by Gasteiger charge is 2.14. The molecular formula is C16H15F3N2O2. The number of carbonyl (C=O) groups is 1. The zero-order valence-corrected chi connectivity index (χ0v) is 12.3. The van der Waals surface area contributed by atoms with E-state index in [1.807, 2.05) is 6.92 Å². The molecule has 0 aromatic heterocycles. The Hall–Kier alpha value is -2.70. The molecule has 2 rings (SSSR count). The van der Waals surface area contributed by atoms with E-state index >= 15 is 0 Å². The van der Waals surface area contributed by atoms with Crippen molar-refractivity contribution in [3.8, 4) is 5.75 Å². The standard InChI is InChI=1S/C16H15F3N2O2/c1-2-23-13-6-4-3-5-11(13)21-14(22)9-20-12-8-7-10(17)15(18)16(12)19/h3-8,20H,2,9H2,1H3,(H,21,22). The second-order valence-electron chi connectivity index (χ2n) is 4.55. The molecule has 2 aromatic carbocycles. The summed E-state index contributed by atoms with van der Waals surface area (Å²) in [6.45, 7) is 1.93. The summed E-state index contributed by atoms with van der Waals surface area (Å²) in [4.78, 5) is 11.9. The zero-order chi connectivity index (χ0) is 16.8. The van der Waals surface area contributed by atoms with Crippen LogP contribution in [-0.4, -0.2) is 19.1 Å². The van der Waals surface area contributed by atoms with Crippen molar-refractivity contribution in [1.82, 2.24) is 0 Å². The molecule has 0 saturated carbocycles. The SMILES string of the molecule is CCOc1ccccc1NC(=O)CNc1ccc(F)c(F)c1F. The van der Waals surface area contributed by atoms with Gasteiger partial charge in [-0.05, 0) is 31.2 Å². The van der Waals surface area contributed by atoms with Crippen molar-refractivity contribution in [2.24, 2.45) is 0 Å². The van der Waals surface area contributed by atoms with Crippen LogP contribution in [0, 0.1) is 17.5 Å². The van der Waals surface area contributed by atoms with Gasteiger partial charge in [-0.1, -0.05) is 12.1 Å². The molecule has 0 aliphatic rings. The van der Waals surface area contributed by atoms with E-state index in [9.17, 15) is 18.0 Å².